The summed E-state index contributed by atoms with van der Waals surface area (Å²) >= 11 is 0. The van der Waals surface area contributed by atoms with Crippen molar-refractivity contribution in [2.45, 2.75) is 71.8 Å². The van der Waals surface area contributed by atoms with Gasteiger partial charge in [0.05, 0.1) is 5.56 Å². The largest absolute Gasteiger partial charge is 0.455 e. The Bertz CT molecular complexity index is 918. The van der Waals surface area contributed by atoms with E-state index in [4.69, 9.17) is 4.42 Å². The molecule has 5 heteroatoms. The molecule has 2 aromatic rings. The average Bonchev–Trinajstić information content (AvgIpc) is 2.99. The van der Waals surface area contributed by atoms with E-state index in [1.54, 1.807) is 6.92 Å². The van der Waals surface area contributed by atoms with Crippen LogP contribution >= 0.6 is 0 Å². The number of amides is 1. The van der Waals surface area contributed by atoms with Gasteiger partial charge in [0.2, 0.25) is 0 Å². The van der Waals surface area contributed by atoms with Crippen molar-refractivity contribution in [2.75, 3.05) is 10.6 Å². The molecule has 1 heterocycles. The molecule has 1 saturated carbocycles. The van der Waals surface area contributed by atoms with E-state index in [1.807, 2.05) is 38.1 Å². The van der Waals surface area contributed by atoms with Crippen molar-refractivity contribution in [1.82, 2.24) is 0 Å². The van der Waals surface area contributed by atoms with Gasteiger partial charge in [0.1, 0.15) is 5.76 Å². The molecule has 0 atom stereocenters. The first-order valence-corrected chi connectivity index (χ1v) is 10.7. The molecular formula is C24H30N2O3. The molecule has 0 saturated heterocycles. The standard InChI is InChI=1S/C24H30N2O3/c1-15-21-19(27)13-24(2,3)14-20(21)29-22(15)23(28)26-18-11-9-17(10-12-18)25-16-7-5-4-6-8-16/h9-12,16,25H,4-8,13-14H2,1-3H3,(H,26,28). The molecule has 1 amide bonds. The summed E-state index contributed by atoms with van der Waals surface area (Å²) in [6.07, 6.45) is 7.51. The number of carbonyl (C=O) groups excluding carboxylic acids is 2. The number of furan rings is 1. The second-order valence-electron chi connectivity index (χ2n) is 9.31. The molecule has 1 aromatic heterocycles. The topological polar surface area (TPSA) is 71.3 Å². The monoisotopic (exact) mass is 394 g/mol. The third-order valence-corrected chi connectivity index (χ3v) is 6.10. The highest BCUT2D eigenvalue weighted by Crippen LogP contribution is 2.38. The first-order chi connectivity index (χ1) is 13.8. The Balaban J connectivity index is 1.45. The van der Waals surface area contributed by atoms with E-state index in [9.17, 15) is 9.59 Å². The molecule has 154 valence electrons. The Kier molecular flexibility index (Phi) is 5.24. The average molecular weight is 395 g/mol. The van der Waals surface area contributed by atoms with E-state index in [-0.39, 0.29) is 22.9 Å². The zero-order valence-electron chi connectivity index (χ0n) is 17.6. The van der Waals surface area contributed by atoms with Gasteiger partial charge in [-0.3, -0.25) is 9.59 Å². The van der Waals surface area contributed by atoms with Gasteiger partial charge in [-0.25, -0.2) is 0 Å². The Hall–Kier alpha value is -2.56. The molecule has 4 rings (SSSR count). The summed E-state index contributed by atoms with van der Waals surface area (Å²) in [5, 5.41) is 6.48. The zero-order chi connectivity index (χ0) is 20.6. The van der Waals surface area contributed by atoms with Crippen LogP contribution in [0.2, 0.25) is 0 Å². The van der Waals surface area contributed by atoms with Gasteiger partial charge < -0.3 is 15.1 Å². The number of ketones is 1. The summed E-state index contributed by atoms with van der Waals surface area (Å²) in [6, 6.07) is 8.33. The fourth-order valence-corrected chi connectivity index (χ4v) is 4.62. The minimum atomic E-state index is -0.310. The number of fused-ring (bicyclic) bond motifs is 1. The number of rotatable bonds is 4. The van der Waals surface area contributed by atoms with Crippen LogP contribution in [0.1, 0.15) is 84.6 Å². The van der Waals surface area contributed by atoms with Crippen LogP contribution in [0.4, 0.5) is 11.4 Å². The molecule has 5 nitrogen and oxygen atoms in total. The summed E-state index contributed by atoms with van der Waals surface area (Å²) in [4.78, 5) is 25.3. The minimum Gasteiger partial charge on any atom is -0.455 e. The fraction of sp³-hybridized carbons (Fsp3) is 0.500. The highest BCUT2D eigenvalue weighted by atomic mass is 16.4. The van der Waals surface area contributed by atoms with E-state index >= 15 is 0 Å². The molecule has 1 aromatic carbocycles. The summed E-state index contributed by atoms with van der Waals surface area (Å²) < 4.78 is 5.86. The molecule has 0 aliphatic heterocycles. The first-order valence-electron chi connectivity index (χ1n) is 10.7. The number of anilines is 2. The lowest BCUT2D eigenvalue weighted by atomic mass is 9.76. The third kappa shape index (κ3) is 4.24. The van der Waals surface area contributed by atoms with E-state index < -0.39 is 0 Å². The molecule has 2 aliphatic rings. The van der Waals surface area contributed by atoms with Crippen LogP contribution in [0.5, 0.6) is 0 Å². The van der Waals surface area contributed by atoms with Crippen molar-refractivity contribution in [3.05, 3.63) is 46.9 Å². The first kappa shape index (κ1) is 19.7. The summed E-state index contributed by atoms with van der Waals surface area (Å²) in [5.74, 6) is 0.636. The van der Waals surface area contributed by atoms with Crippen molar-refractivity contribution >= 4 is 23.1 Å². The molecule has 2 N–H and O–H groups in total. The summed E-state index contributed by atoms with van der Waals surface area (Å²) in [7, 11) is 0. The van der Waals surface area contributed by atoms with Crippen molar-refractivity contribution in [2.24, 2.45) is 5.41 Å². The van der Waals surface area contributed by atoms with Crippen molar-refractivity contribution in [3.63, 3.8) is 0 Å². The van der Waals surface area contributed by atoms with Gasteiger partial charge >= 0.3 is 0 Å². The number of Topliss-reactive ketones (excluding diaryl/α,β-unsaturated/α-hetero) is 1. The van der Waals surface area contributed by atoms with Crippen molar-refractivity contribution < 1.29 is 14.0 Å². The summed E-state index contributed by atoms with van der Waals surface area (Å²) in [6.45, 7) is 5.90. The van der Waals surface area contributed by atoms with Crippen molar-refractivity contribution in [3.8, 4) is 0 Å². The second-order valence-corrected chi connectivity index (χ2v) is 9.31. The molecule has 0 bridgehead atoms. The van der Waals surface area contributed by atoms with Crippen LogP contribution in [-0.4, -0.2) is 17.7 Å². The fourth-order valence-electron chi connectivity index (χ4n) is 4.62. The Labute approximate surface area is 172 Å². The lowest BCUT2D eigenvalue weighted by Gasteiger charge is -2.27. The minimum absolute atomic E-state index is 0.0645. The Morgan fingerprint density at radius 3 is 2.38 bits per heavy atom. The van der Waals surface area contributed by atoms with Gasteiger partial charge in [0, 0.05) is 35.8 Å². The quantitative estimate of drug-likeness (QED) is 0.694. The number of hydrogen-bond donors (Lipinski definition) is 2. The zero-order valence-corrected chi connectivity index (χ0v) is 17.6. The van der Waals surface area contributed by atoms with Crippen LogP contribution in [0.15, 0.2) is 28.7 Å². The van der Waals surface area contributed by atoms with Gasteiger partial charge in [-0.1, -0.05) is 33.1 Å². The third-order valence-electron chi connectivity index (χ3n) is 6.10. The predicted molar refractivity (Wildman–Crippen MR) is 115 cm³/mol. The summed E-state index contributed by atoms with van der Waals surface area (Å²) in [5.41, 5.74) is 2.90. The molecule has 0 unspecified atom stereocenters. The lowest BCUT2D eigenvalue weighted by Crippen LogP contribution is -2.26. The van der Waals surface area contributed by atoms with Gasteiger partial charge in [-0.05, 0) is 49.4 Å². The highest BCUT2D eigenvalue weighted by molar-refractivity contribution is 6.07. The van der Waals surface area contributed by atoms with E-state index in [0.29, 0.717) is 41.5 Å². The smallest absolute Gasteiger partial charge is 0.291 e. The molecule has 2 aliphatic carbocycles. The molecule has 0 spiro atoms. The van der Waals surface area contributed by atoms with E-state index in [2.05, 4.69) is 10.6 Å². The van der Waals surface area contributed by atoms with Gasteiger partial charge in [0.25, 0.3) is 5.91 Å². The normalized spacial score (nSPS) is 18.9. The maximum absolute atomic E-state index is 12.8. The van der Waals surface area contributed by atoms with Crippen LogP contribution in [0.25, 0.3) is 0 Å². The van der Waals surface area contributed by atoms with E-state index in [0.717, 1.165) is 5.69 Å². The molecule has 29 heavy (non-hydrogen) atoms. The Morgan fingerprint density at radius 1 is 1.03 bits per heavy atom. The van der Waals surface area contributed by atoms with Crippen LogP contribution in [0.3, 0.4) is 0 Å². The number of nitrogens with one attached hydrogen (secondary N) is 2. The molecule has 1 fully saturated rings. The maximum Gasteiger partial charge on any atom is 0.291 e. The second kappa shape index (κ2) is 7.69. The maximum atomic E-state index is 12.8. The molecule has 0 radical (unpaired) electrons. The lowest BCUT2D eigenvalue weighted by molar-refractivity contribution is 0.0898. The SMILES string of the molecule is Cc1c(C(=O)Nc2ccc(NC3CCCCC3)cc2)oc2c1C(=O)CC(C)(C)C2. The highest BCUT2D eigenvalue weighted by Gasteiger charge is 2.37. The Morgan fingerprint density at radius 2 is 1.69 bits per heavy atom. The van der Waals surface area contributed by atoms with Crippen LogP contribution in [0, 0.1) is 12.3 Å². The number of carbonyl (C=O) groups is 2. The van der Waals surface area contributed by atoms with Crippen LogP contribution in [-0.2, 0) is 6.42 Å². The van der Waals surface area contributed by atoms with Gasteiger partial charge in [0.15, 0.2) is 11.5 Å². The van der Waals surface area contributed by atoms with Gasteiger partial charge in [-0.2, -0.15) is 0 Å². The van der Waals surface area contributed by atoms with Gasteiger partial charge in [-0.15, -0.1) is 0 Å². The van der Waals surface area contributed by atoms with E-state index in [1.165, 1.54) is 32.1 Å². The van der Waals surface area contributed by atoms with Crippen LogP contribution < -0.4 is 10.6 Å². The number of benzene rings is 1. The molecular weight excluding hydrogens is 364 g/mol. The van der Waals surface area contributed by atoms with Crippen molar-refractivity contribution in [1.29, 1.82) is 0 Å². The number of hydrogen-bond acceptors (Lipinski definition) is 4. The predicted octanol–water partition coefficient (Wildman–Crippen LogP) is 5.74.